The summed E-state index contributed by atoms with van der Waals surface area (Å²) in [6, 6.07) is 11.7. The number of aliphatic imine (C=N–C) groups is 1. The lowest BCUT2D eigenvalue weighted by atomic mass is 10.1. The summed E-state index contributed by atoms with van der Waals surface area (Å²) in [5.74, 6) is 2.94. The Morgan fingerprint density at radius 1 is 1.19 bits per heavy atom. The summed E-state index contributed by atoms with van der Waals surface area (Å²) in [4.78, 5) is 8.59. The molecule has 0 aliphatic carbocycles. The van der Waals surface area contributed by atoms with Gasteiger partial charge in [-0.2, -0.15) is 0 Å². The van der Waals surface area contributed by atoms with Crippen molar-refractivity contribution in [2.24, 2.45) is 4.99 Å². The largest absolute Gasteiger partial charge is 0.481 e. The number of fused-ring (bicyclic) bond motifs is 1. The van der Waals surface area contributed by atoms with Crippen LogP contribution in [0.25, 0.3) is 0 Å². The lowest BCUT2D eigenvalue weighted by Gasteiger charge is -2.12. The lowest BCUT2D eigenvalue weighted by Crippen LogP contribution is -2.38. The first-order valence-electron chi connectivity index (χ1n) is 8.11. The Morgan fingerprint density at radius 2 is 2.04 bits per heavy atom. The van der Waals surface area contributed by atoms with Crippen LogP contribution in [-0.4, -0.2) is 38.4 Å². The summed E-state index contributed by atoms with van der Waals surface area (Å²) < 4.78 is 15.9. The van der Waals surface area contributed by atoms with Crippen molar-refractivity contribution in [3.8, 4) is 17.4 Å². The molecule has 1 aliphatic heterocycles. The molecule has 2 N–H and O–H groups in total. The first-order valence-corrected chi connectivity index (χ1v) is 8.11. The van der Waals surface area contributed by atoms with Crippen molar-refractivity contribution >= 4 is 29.9 Å². The SMILES string of the molecule is CN=C(NCCc1ccc2c(c1)OCO2)NCc1cccc(OC)n1.I. The number of pyridine rings is 1. The van der Waals surface area contributed by atoms with Crippen molar-refractivity contribution in [1.29, 1.82) is 0 Å². The van der Waals surface area contributed by atoms with Crippen LogP contribution < -0.4 is 24.8 Å². The van der Waals surface area contributed by atoms with E-state index < -0.39 is 0 Å². The highest BCUT2D eigenvalue weighted by Gasteiger charge is 2.12. The van der Waals surface area contributed by atoms with Crippen LogP contribution in [-0.2, 0) is 13.0 Å². The zero-order valence-electron chi connectivity index (χ0n) is 14.8. The quantitative estimate of drug-likeness (QED) is 0.384. The molecule has 0 radical (unpaired) electrons. The Morgan fingerprint density at radius 3 is 2.85 bits per heavy atom. The number of hydrogen-bond acceptors (Lipinski definition) is 5. The Labute approximate surface area is 170 Å². The van der Waals surface area contributed by atoms with Crippen LogP contribution in [0.1, 0.15) is 11.3 Å². The van der Waals surface area contributed by atoms with Crippen molar-refractivity contribution in [3.63, 3.8) is 0 Å². The molecular weight excluding hydrogens is 447 g/mol. The molecule has 0 amide bonds. The number of hydrogen-bond donors (Lipinski definition) is 2. The van der Waals surface area contributed by atoms with Crippen molar-refractivity contribution in [2.75, 3.05) is 27.5 Å². The van der Waals surface area contributed by atoms with E-state index in [1.807, 2.05) is 36.4 Å². The van der Waals surface area contributed by atoms with Crippen LogP contribution in [0.5, 0.6) is 17.4 Å². The zero-order valence-corrected chi connectivity index (χ0v) is 17.2. The fourth-order valence-electron chi connectivity index (χ4n) is 2.49. The molecule has 2 heterocycles. The van der Waals surface area contributed by atoms with Gasteiger partial charge in [0, 0.05) is 19.7 Å². The standard InChI is InChI=1S/C18H22N4O3.HI/c1-19-18(21-11-14-4-3-5-17(22-14)23-2)20-9-8-13-6-7-15-16(10-13)25-12-24-15;/h3-7,10H,8-9,11-12H2,1-2H3,(H2,19,20,21);1H. The van der Waals surface area contributed by atoms with Gasteiger partial charge in [-0.25, -0.2) is 4.98 Å². The van der Waals surface area contributed by atoms with E-state index in [0.717, 1.165) is 36.1 Å². The van der Waals surface area contributed by atoms with Crippen LogP contribution in [0, 0.1) is 0 Å². The maximum Gasteiger partial charge on any atom is 0.231 e. The highest BCUT2D eigenvalue weighted by atomic mass is 127. The molecule has 7 nitrogen and oxygen atoms in total. The molecule has 0 spiro atoms. The number of nitrogens with zero attached hydrogens (tertiary/aromatic N) is 2. The second-order valence-electron chi connectivity index (χ2n) is 5.46. The van der Waals surface area contributed by atoms with Crippen molar-refractivity contribution in [3.05, 3.63) is 47.7 Å². The van der Waals surface area contributed by atoms with Gasteiger partial charge in [0.25, 0.3) is 0 Å². The smallest absolute Gasteiger partial charge is 0.231 e. The molecular formula is C18H23IN4O3. The summed E-state index contributed by atoms with van der Waals surface area (Å²) in [7, 11) is 3.35. The molecule has 0 bridgehead atoms. The molecule has 0 saturated carbocycles. The number of guanidine groups is 1. The Balaban J connectivity index is 0.00000243. The summed E-state index contributed by atoms with van der Waals surface area (Å²) in [6.07, 6.45) is 0.856. The third-order valence-electron chi connectivity index (χ3n) is 3.79. The minimum Gasteiger partial charge on any atom is -0.481 e. The molecule has 0 atom stereocenters. The lowest BCUT2D eigenvalue weighted by molar-refractivity contribution is 0.174. The van der Waals surface area contributed by atoms with Gasteiger partial charge in [0.05, 0.1) is 19.3 Å². The number of halogens is 1. The van der Waals surface area contributed by atoms with Gasteiger partial charge in [-0.3, -0.25) is 4.99 Å². The van der Waals surface area contributed by atoms with E-state index in [2.05, 4.69) is 20.6 Å². The summed E-state index contributed by atoms with van der Waals surface area (Å²) in [5.41, 5.74) is 2.07. The van der Waals surface area contributed by atoms with E-state index >= 15 is 0 Å². The number of aromatic nitrogens is 1. The second kappa shape index (κ2) is 10.0. The number of methoxy groups -OCH3 is 1. The van der Waals surface area contributed by atoms with Gasteiger partial charge in [0.15, 0.2) is 17.5 Å². The number of nitrogens with one attached hydrogen (secondary N) is 2. The number of rotatable bonds is 6. The predicted octanol–water partition coefficient (Wildman–Crippen LogP) is 2.34. The zero-order chi connectivity index (χ0) is 17.5. The first kappa shape index (κ1) is 20.1. The van der Waals surface area contributed by atoms with Gasteiger partial charge in [-0.15, -0.1) is 24.0 Å². The maximum atomic E-state index is 5.40. The fourth-order valence-corrected chi connectivity index (χ4v) is 2.49. The Bertz CT molecular complexity index is 755. The highest BCUT2D eigenvalue weighted by Crippen LogP contribution is 2.32. The summed E-state index contributed by atoms with van der Waals surface area (Å²) in [6.45, 7) is 1.62. The van der Waals surface area contributed by atoms with E-state index in [0.29, 0.717) is 19.2 Å². The average Bonchev–Trinajstić information content (AvgIpc) is 3.12. The number of benzene rings is 1. The highest BCUT2D eigenvalue weighted by molar-refractivity contribution is 14.0. The molecule has 2 aromatic rings. The van der Waals surface area contributed by atoms with Gasteiger partial charge in [0.1, 0.15) is 0 Å². The van der Waals surface area contributed by atoms with Crippen molar-refractivity contribution in [2.45, 2.75) is 13.0 Å². The maximum absolute atomic E-state index is 5.40. The number of ether oxygens (including phenoxy) is 3. The van der Waals surface area contributed by atoms with Gasteiger partial charge in [0.2, 0.25) is 12.7 Å². The van der Waals surface area contributed by atoms with E-state index in [1.54, 1.807) is 14.2 Å². The van der Waals surface area contributed by atoms with Crippen LogP contribution >= 0.6 is 24.0 Å². The molecule has 0 fully saturated rings. The van der Waals surface area contributed by atoms with Crippen molar-refractivity contribution in [1.82, 2.24) is 15.6 Å². The van der Waals surface area contributed by atoms with Crippen LogP contribution in [0.2, 0.25) is 0 Å². The molecule has 26 heavy (non-hydrogen) atoms. The second-order valence-corrected chi connectivity index (χ2v) is 5.46. The summed E-state index contributed by atoms with van der Waals surface area (Å²) >= 11 is 0. The molecule has 3 rings (SSSR count). The molecule has 0 saturated heterocycles. The van der Waals surface area contributed by atoms with Gasteiger partial charge >= 0.3 is 0 Å². The third-order valence-corrected chi connectivity index (χ3v) is 3.79. The normalized spacial score (nSPS) is 12.3. The first-order chi connectivity index (χ1) is 12.3. The third kappa shape index (κ3) is 5.38. The van der Waals surface area contributed by atoms with E-state index in [4.69, 9.17) is 14.2 Å². The Kier molecular flexibility index (Phi) is 7.76. The molecule has 140 valence electrons. The fraction of sp³-hybridized carbons (Fsp3) is 0.333. The minimum absolute atomic E-state index is 0. The Hall–Kier alpha value is -2.23. The topological polar surface area (TPSA) is 77.0 Å². The van der Waals surface area contributed by atoms with Crippen LogP contribution in [0.3, 0.4) is 0 Å². The molecule has 0 unspecified atom stereocenters. The van der Waals surface area contributed by atoms with Crippen LogP contribution in [0.15, 0.2) is 41.4 Å². The molecule has 1 aliphatic rings. The van der Waals surface area contributed by atoms with Gasteiger partial charge < -0.3 is 24.8 Å². The monoisotopic (exact) mass is 470 g/mol. The molecule has 8 heteroatoms. The minimum atomic E-state index is 0. The van der Waals surface area contributed by atoms with Gasteiger partial charge in [-0.05, 0) is 30.2 Å². The van der Waals surface area contributed by atoms with E-state index in [9.17, 15) is 0 Å². The molecule has 1 aromatic heterocycles. The summed E-state index contributed by atoms with van der Waals surface area (Å²) in [5, 5.41) is 6.53. The van der Waals surface area contributed by atoms with Crippen molar-refractivity contribution < 1.29 is 14.2 Å². The predicted molar refractivity (Wildman–Crippen MR) is 111 cm³/mol. The van der Waals surface area contributed by atoms with E-state index in [-0.39, 0.29) is 24.0 Å². The average molecular weight is 470 g/mol. The van der Waals surface area contributed by atoms with Crippen LogP contribution in [0.4, 0.5) is 0 Å². The van der Waals surface area contributed by atoms with Gasteiger partial charge in [-0.1, -0.05) is 12.1 Å². The van der Waals surface area contributed by atoms with E-state index in [1.165, 1.54) is 5.56 Å². The molecule has 1 aromatic carbocycles.